The van der Waals surface area contributed by atoms with Crippen LogP contribution in [0.3, 0.4) is 0 Å². The Balaban J connectivity index is 2.77. The first-order valence-electron chi connectivity index (χ1n) is 3.33. The van der Waals surface area contributed by atoms with E-state index in [0.29, 0.717) is 13.0 Å². The molecule has 1 N–H and O–H groups in total. The highest BCUT2D eigenvalue weighted by Crippen LogP contribution is 1.80. The lowest BCUT2D eigenvalue weighted by atomic mass is 10.4. The molecule has 0 aromatic rings. The monoisotopic (exact) mass is 144 g/mol. The van der Waals surface area contributed by atoms with E-state index in [1.807, 2.05) is 6.92 Å². The predicted octanol–water partition coefficient (Wildman–Crippen LogP) is 0.202. The minimum Gasteiger partial charge on any atom is -0.545 e. The zero-order valence-corrected chi connectivity index (χ0v) is 6.25. The van der Waals surface area contributed by atoms with E-state index in [2.05, 4.69) is 0 Å². The highest BCUT2D eigenvalue weighted by atomic mass is 16.6. The summed E-state index contributed by atoms with van der Waals surface area (Å²) in [5.41, 5.74) is 0. The average molecular weight is 144 g/mol. The number of rotatable bonds is 6. The normalized spacial score (nSPS) is 10.2. The van der Waals surface area contributed by atoms with Crippen LogP contribution in [0.4, 0.5) is 0 Å². The van der Waals surface area contributed by atoms with Crippen molar-refractivity contribution in [1.82, 2.24) is 0 Å². The first-order valence-corrected chi connectivity index (χ1v) is 3.33. The third kappa shape index (κ3) is 7.52. The molecule has 0 radical (unpaired) electrons. The van der Waals surface area contributed by atoms with Gasteiger partial charge in [0.15, 0.2) is 0 Å². The van der Waals surface area contributed by atoms with Crippen molar-refractivity contribution in [3.8, 4) is 0 Å². The molecule has 0 aliphatic heterocycles. The smallest absolute Gasteiger partial charge is 0.506 e. The van der Waals surface area contributed by atoms with Crippen molar-refractivity contribution in [3.05, 3.63) is 12.3 Å². The van der Waals surface area contributed by atoms with Crippen molar-refractivity contribution in [1.29, 1.82) is 0 Å². The quantitative estimate of drug-likeness (QED) is 0.328. The standard InChI is InChI=1S/C6H13BO3/c1-2-5-9-7-10-6-3-4-8/h2,5,7-8H,3-4,6H2,1H3/b5-2+. The molecule has 0 amide bonds. The number of aliphatic hydroxyl groups excluding tert-OH is 1. The maximum absolute atomic E-state index is 8.33. The van der Waals surface area contributed by atoms with Crippen molar-refractivity contribution >= 4 is 7.69 Å². The topological polar surface area (TPSA) is 38.7 Å². The minimum absolute atomic E-state index is 0.170. The molecule has 0 aromatic heterocycles. The van der Waals surface area contributed by atoms with E-state index in [0.717, 1.165) is 0 Å². The van der Waals surface area contributed by atoms with Gasteiger partial charge >= 0.3 is 7.69 Å². The molecule has 0 aliphatic rings. The van der Waals surface area contributed by atoms with Gasteiger partial charge in [-0.1, -0.05) is 6.08 Å². The average Bonchev–Trinajstić information content (AvgIpc) is 1.97. The molecule has 10 heavy (non-hydrogen) atoms. The van der Waals surface area contributed by atoms with Crippen molar-refractivity contribution in [2.24, 2.45) is 0 Å². The van der Waals surface area contributed by atoms with E-state index in [-0.39, 0.29) is 14.3 Å². The summed E-state index contributed by atoms with van der Waals surface area (Å²) in [5, 5.41) is 8.33. The minimum atomic E-state index is 0.170. The van der Waals surface area contributed by atoms with Gasteiger partial charge in [0, 0.05) is 13.2 Å². The summed E-state index contributed by atoms with van der Waals surface area (Å²) in [6.45, 7) is 2.59. The Hall–Kier alpha value is -0.475. The number of hydrogen-bond acceptors (Lipinski definition) is 3. The molecule has 0 rings (SSSR count). The maximum Gasteiger partial charge on any atom is 0.506 e. The second kappa shape index (κ2) is 8.52. The van der Waals surface area contributed by atoms with E-state index < -0.39 is 0 Å². The van der Waals surface area contributed by atoms with Crippen LogP contribution in [0, 0.1) is 0 Å². The Morgan fingerprint density at radius 1 is 1.60 bits per heavy atom. The first-order chi connectivity index (χ1) is 4.91. The van der Waals surface area contributed by atoms with E-state index >= 15 is 0 Å². The third-order valence-electron chi connectivity index (χ3n) is 0.830. The molecule has 0 bridgehead atoms. The van der Waals surface area contributed by atoms with Crippen LogP contribution in [0.5, 0.6) is 0 Å². The lowest BCUT2D eigenvalue weighted by Gasteiger charge is -1.98. The Labute approximate surface area is 62.0 Å². The second-order valence-corrected chi connectivity index (χ2v) is 1.74. The summed E-state index contributed by atoms with van der Waals surface area (Å²) in [6.07, 6.45) is 4.02. The molecule has 0 atom stereocenters. The zero-order chi connectivity index (χ0) is 7.66. The first kappa shape index (κ1) is 9.52. The molecule has 4 heteroatoms. The Morgan fingerprint density at radius 3 is 3.00 bits per heavy atom. The zero-order valence-electron chi connectivity index (χ0n) is 6.25. The summed E-state index contributed by atoms with van der Waals surface area (Å²) in [6, 6.07) is 0. The van der Waals surface area contributed by atoms with Gasteiger partial charge < -0.3 is 14.4 Å². The number of aliphatic hydroxyl groups is 1. The highest BCUT2D eigenvalue weighted by Gasteiger charge is 1.88. The van der Waals surface area contributed by atoms with Gasteiger partial charge in [0.1, 0.15) is 0 Å². The van der Waals surface area contributed by atoms with Crippen LogP contribution in [-0.2, 0) is 9.31 Å². The van der Waals surface area contributed by atoms with Crippen LogP contribution in [0.2, 0.25) is 0 Å². The molecule has 0 saturated carbocycles. The fraction of sp³-hybridized carbons (Fsp3) is 0.667. The lowest BCUT2D eigenvalue weighted by Crippen LogP contribution is -2.03. The predicted molar refractivity (Wildman–Crippen MR) is 40.7 cm³/mol. The van der Waals surface area contributed by atoms with Crippen molar-refractivity contribution in [3.63, 3.8) is 0 Å². The SMILES string of the molecule is C/C=C/OBOCCCO. The van der Waals surface area contributed by atoms with E-state index in [1.54, 1.807) is 12.3 Å². The Bertz CT molecular complexity index is 85.1. The van der Waals surface area contributed by atoms with Gasteiger partial charge in [-0.15, -0.1) is 0 Å². The van der Waals surface area contributed by atoms with E-state index in [9.17, 15) is 0 Å². The van der Waals surface area contributed by atoms with Gasteiger partial charge in [0.05, 0.1) is 6.26 Å². The highest BCUT2D eigenvalue weighted by molar-refractivity contribution is 6.18. The Kier molecular flexibility index (Phi) is 8.12. The van der Waals surface area contributed by atoms with Gasteiger partial charge in [-0.05, 0) is 13.3 Å². The van der Waals surface area contributed by atoms with Crippen LogP contribution >= 0.6 is 0 Å². The summed E-state index contributed by atoms with van der Waals surface area (Å²) >= 11 is 0. The number of hydrogen-bond donors (Lipinski definition) is 1. The second-order valence-electron chi connectivity index (χ2n) is 1.74. The fourth-order valence-corrected chi connectivity index (χ4v) is 0.409. The molecular formula is C6H13BO3. The molecule has 0 aromatic carbocycles. The van der Waals surface area contributed by atoms with Crippen LogP contribution in [0.15, 0.2) is 12.3 Å². The number of allylic oxidation sites excluding steroid dienone is 1. The third-order valence-corrected chi connectivity index (χ3v) is 0.830. The molecule has 0 spiro atoms. The molecule has 0 unspecified atom stereocenters. The molecular weight excluding hydrogens is 131 g/mol. The summed E-state index contributed by atoms with van der Waals surface area (Å²) in [5.74, 6) is 0. The van der Waals surface area contributed by atoms with Gasteiger partial charge in [-0.25, -0.2) is 0 Å². The van der Waals surface area contributed by atoms with E-state index in [1.165, 1.54) is 0 Å². The Morgan fingerprint density at radius 2 is 2.40 bits per heavy atom. The maximum atomic E-state index is 8.33. The van der Waals surface area contributed by atoms with Gasteiger partial charge in [0.2, 0.25) is 0 Å². The molecule has 3 nitrogen and oxygen atoms in total. The largest absolute Gasteiger partial charge is 0.545 e. The van der Waals surface area contributed by atoms with Gasteiger partial charge in [-0.3, -0.25) is 0 Å². The van der Waals surface area contributed by atoms with Crippen LogP contribution < -0.4 is 0 Å². The lowest BCUT2D eigenvalue weighted by molar-refractivity contribution is 0.218. The molecule has 0 heterocycles. The van der Waals surface area contributed by atoms with Crippen LogP contribution in [0.25, 0.3) is 0 Å². The van der Waals surface area contributed by atoms with Gasteiger partial charge in [0.25, 0.3) is 0 Å². The van der Waals surface area contributed by atoms with Crippen LogP contribution in [-0.4, -0.2) is 26.0 Å². The summed E-state index contributed by atoms with van der Waals surface area (Å²) < 4.78 is 9.79. The van der Waals surface area contributed by atoms with E-state index in [4.69, 9.17) is 14.4 Å². The van der Waals surface area contributed by atoms with Crippen molar-refractivity contribution in [2.75, 3.05) is 13.2 Å². The van der Waals surface area contributed by atoms with Crippen molar-refractivity contribution < 1.29 is 14.4 Å². The van der Waals surface area contributed by atoms with Crippen molar-refractivity contribution in [2.45, 2.75) is 13.3 Å². The molecule has 0 saturated heterocycles. The molecule has 0 fully saturated rings. The summed E-state index contributed by atoms with van der Waals surface area (Å²) in [4.78, 5) is 0. The summed E-state index contributed by atoms with van der Waals surface area (Å²) in [7, 11) is 0.268. The molecule has 0 aliphatic carbocycles. The fourth-order valence-electron chi connectivity index (χ4n) is 0.409. The molecule has 58 valence electrons. The van der Waals surface area contributed by atoms with Gasteiger partial charge in [-0.2, -0.15) is 0 Å². The van der Waals surface area contributed by atoms with Crippen LogP contribution in [0.1, 0.15) is 13.3 Å².